The highest BCUT2D eigenvalue weighted by atomic mass is 14.5. The maximum Gasteiger partial charge on any atom is 0.00758 e. The van der Waals surface area contributed by atoms with Crippen LogP contribution in [0.5, 0.6) is 0 Å². The molecule has 0 fully saturated rings. The van der Waals surface area contributed by atoms with Crippen LogP contribution in [0.2, 0.25) is 0 Å². The molecule has 2 aliphatic carbocycles. The fraction of sp³-hybridized carbons (Fsp3) is 0.778. The third-order valence-electron chi connectivity index (χ3n) is 6.23. The monoisotopic (exact) mass is 246 g/mol. The van der Waals surface area contributed by atoms with E-state index < -0.39 is 0 Å². The van der Waals surface area contributed by atoms with Gasteiger partial charge in [0.15, 0.2) is 0 Å². The normalized spacial score (nSPS) is 40.0. The van der Waals surface area contributed by atoms with Crippen LogP contribution < -0.4 is 0 Å². The first-order valence-corrected chi connectivity index (χ1v) is 7.62. The molecule has 0 spiro atoms. The summed E-state index contributed by atoms with van der Waals surface area (Å²) < 4.78 is 0. The van der Waals surface area contributed by atoms with Crippen molar-refractivity contribution in [3.05, 3.63) is 22.3 Å². The van der Waals surface area contributed by atoms with Gasteiger partial charge in [0.1, 0.15) is 0 Å². The summed E-state index contributed by atoms with van der Waals surface area (Å²) in [4.78, 5) is 0. The molecule has 0 radical (unpaired) electrons. The predicted octanol–water partition coefficient (Wildman–Crippen LogP) is 5.61. The molecule has 0 aromatic carbocycles. The van der Waals surface area contributed by atoms with Gasteiger partial charge in [0.05, 0.1) is 0 Å². The lowest BCUT2D eigenvalue weighted by atomic mass is 9.72. The Bertz CT molecular complexity index is 419. The van der Waals surface area contributed by atoms with Crippen LogP contribution in [-0.4, -0.2) is 0 Å². The van der Waals surface area contributed by atoms with Crippen molar-refractivity contribution < 1.29 is 0 Å². The predicted molar refractivity (Wildman–Crippen MR) is 80.5 cm³/mol. The first-order chi connectivity index (χ1) is 8.19. The topological polar surface area (TPSA) is 0 Å². The molecular formula is C18H30. The Morgan fingerprint density at radius 2 is 1.39 bits per heavy atom. The van der Waals surface area contributed by atoms with Crippen LogP contribution >= 0.6 is 0 Å². The largest absolute Gasteiger partial charge is 0.0619 e. The van der Waals surface area contributed by atoms with Crippen LogP contribution in [0.25, 0.3) is 0 Å². The first-order valence-electron chi connectivity index (χ1n) is 7.62. The van der Waals surface area contributed by atoms with E-state index in [2.05, 4.69) is 55.4 Å². The van der Waals surface area contributed by atoms with Gasteiger partial charge in [-0.2, -0.15) is 0 Å². The molecule has 2 aliphatic rings. The molecule has 2 rings (SSSR count). The van der Waals surface area contributed by atoms with Gasteiger partial charge in [-0.15, -0.1) is 0 Å². The van der Waals surface area contributed by atoms with Gasteiger partial charge in [0, 0.05) is 5.41 Å². The van der Waals surface area contributed by atoms with Crippen molar-refractivity contribution in [1.82, 2.24) is 0 Å². The third-order valence-corrected chi connectivity index (χ3v) is 6.23. The average Bonchev–Trinajstić information content (AvgIpc) is 2.41. The molecular weight excluding hydrogens is 216 g/mol. The minimum Gasteiger partial charge on any atom is -0.0619 e. The summed E-state index contributed by atoms with van der Waals surface area (Å²) in [5.41, 5.74) is 6.94. The Morgan fingerprint density at radius 3 is 1.94 bits per heavy atom. The molecule has 4 atom stereocenters. The summed E-state index contributed by atoms with van der Waals surface area (Å²) in [6.07, 6.45) is 1.37. The van der Waals surface area contributed by atoms with Gasteiger partial charge in [-0.25, -0.2) is 0 Å². The Hall–Kier alpha value is -0.520. The lowest BCUT2D eigenvalue weighted by Crippen LogP contribution is -2.22. The second-order valence-corrected chi connectivity index (χ2v) is 7.47. The third kappa shape index (κ3) is 1.72. The minimum absolute atomic E-state index is 0.283. The molecule has 18 heavy (non-hydrogen) atoms. The Morgan fingerprint density at radius 1 is 0.889 bits per heavy atom. The van der Waals surface area contributed by atoms with Gasteiger partial charge in [-0.3, -0.25) is 0 Å². The van der Waals surface area contributed by atoms with Gasteiger partial charge in [0.2, 0.25) is 0 Å². The van der Waals surface area contributed by atoms with Crippen molar-refractivity contribution >= 4 is 0 Å². The Kier molecular flexibility index (Phi) is 3.28. The van der Waals surface area contributed by atoms with E-state index in [4.69, 9.17) is 0 Å². The lowest BCUT2D eigenvalue weighted by Gasteiger charge is -2.32. The van der Waals surface area contributed by atoms with Crippen LogP contribution in [0.3, 0.4) is 0 Å². The van der Waals surface area contributed by atoms with E-state index in [1.165, 1.54) is 6.42 Å². The maximum absolute atomic E-state index is 2.46. The van der Waals surface area contributed by atoms with Crippen molar-refractivity contribution in [2.24, 2.45) is 29.1 Å². The average molecular weight is 246 g/mol. The molecule has 4 unspecified atom stereocenters. The summed E-state index contributed by atoms with van der Waals surface area (Å²) in [5.74, 6) is 3.08. The van der Waals surface area contributed by atoms with Gasteiger partial charge in [0.25, 0.3) is 0 Å². The molecule has 0 heteroatoms. The van der Waals surface area contributed by atoms with E-state index in [9.17, 15) is 0 Å². The molecule has 0 saturated heterocycles. The van der Waals surface area contributed by atoms with Crippen LogP contribution in [-0.2, 0) is 0 Å². The summed E-state index contributed by atoms with van der Waals surface area (Å²) in [5, 5.41) is 0. The highest BCUT2D eigenvalue weighted by Crippen LogP contribution is 2.56. The smallest absolute Gasteiger partial charge is 0.00758 e. The van der Waals surface area contributed by atoms with E-state index in [1.54, 1.807) is 22.3 Å². The number of allylic oxidation sites excluding steroid dienone is 4. The van der Waals surface area contributed by atoms with Gasteiger partial charge in [-0.1, -0.05) is 52.7 Å². The highest BCUT2D eigenvalue weighted by molar-refractivity contribution is 5.53. The molecule has 0 nitrogen and oxygen atoms in total. The molecule has 0 saturated carbocycles. The molecule has 0 aromatic heterocycles. The van der Waals surface area contributed by atoms with Gasteiger partial charge < -0.3 is 0 Å². The van der Waals surface area contributed by atoms with Crippen molar-refractivity contribution in [3.63, 3.8) is 0 Å². The summed E-state index contributed by atoms with van der Waals surface area (Å²) in [6, 6.07) is 0. The zero-order valence-corrected chi connectivity index (χ0v) is 13.5. The molecule has 0 bridgehead atoms. The summed E-state index contributed by atoms with van der Waals surface area (Å²) in [7, 11) is 0. The Labute approximate surface area is 114 Å². The fourth-order valence-corrected chi connectivity index (χ4v) is 4.38. The fourth-order valence-electron chi connectivity index (χ4n) is 4.38. The van der Waals surface area contributed by atoms with Gasteiger partial charge in [-0.05, 0) is 55.1 Å². The molecule has 0 heterocycles. The Balaban J connectivity index is 2.63. The number of hydrogen-bond donors (Lipinski definition) is 0. The second-order valence-electron chi connectivity index (χ2n) is 7.47. The van der Waals surface area contributed by atoms with Crippen molar-refractivity contribution in [3.8, 4) is 0 Å². The van der Waals surface area contributed by atoms with E-state index in [-0.39, 0.29) is 5.41 Å². The maximum atomic E-state index is 2.46. The molecule has 102 valence electrons. The van der Waals surface area contributed by atoms with Crippen LogP contribution in [0.1, 0.15) is 61.8 Å². The standard InChI is InChI=1S/C18H30/c1-10-9-11(2)13(4)17-16(12(10)3)14(5)15(6)18(17,7)8/h10-13H,9H2,1-8H3. The minimum atomic E-state index is 0.283. The molecule has 0 aliphatic heterocycles. The van der Waals surface area contributed by atoms with Gasteiger partial charge >= 0.3 is 0 Å². The van der Waals surface area contributed by atoms with Crippen molar-refractivity contribution in [1.29, 1.82) is 0 Å². The summed E-state index contributed by atoms with van der Waals surface area (Å²) >= 11 is 0. The van der Waals surface area contributed by atoms with Crippen molar-refractivity contribution in [2.75, 3.05) is 0 Å². The van der Waals surface area contributed by atoms with Crippen LogP contribution in [0.4, 0.5) is 0 Å². The van der Waals surface area contributed by atoms with Crippen LogP contribution in [0, 0.1) is 29.1 Å². The van der Waals surface area contributed by atoms with E-state index >= 15 is 0 Å². The van der Waals surface area contributed by atoms with E-state index in [0.717, 1.165) is 23.7 Å². The second kappa shape index (κ2) is 4.25. The quantitative estimate of drug-likeness (QED) is 0.521. The lowest BCUT2D eigenvalue weighted by molar-refractivity contribution is 0.308. The van der Waals surface area contributed by atoms with E-state index in [0.29, 0.717) is 0 Å². The number of hydrogen-bond acceptors (Lipinski definition) is 0. The molecule has 0 aromatic rings. The zero-order valence-electron chi connectivity index (χ0n) is 13.5. The molecule has 0 amide bonds. The first kappa shape index (κ1) is 13.9. The molecule has 0 N–H and O–H groups in total. The zero-order chi connectivity index (χ0) is 13.8. The van der Waals surface area contributed by atoms with Crippen molar-refractivity contribution in [2.45, 2.75) is 61.8 Å². The highest BCUT2D eigenvalue weighted by Gasteiger charge is 2.43. The van der Waals surface area contributed by atoms with Crippen LogP contribution in [0.15, 0.2) is 22.3 Å². The number of rotatable bonds is 0. The SMILES string of the molecule is CC1=C(C)C(C)(C)C2=C1C(C)C(C)CC(C)C2C. The summed E-state index contributed by atoms with van der Waals surface area (Å²) in [6.45, 7) is 19.4. The van der Waals surface area contributed by atoms with E-state index in [1.807, 2.05) is 0 Å².